The number of aryl methyl sites for hydroxylation is 2. The van der Waals surface area contributed by atoms with E-state index >= 15 is 0 Å². The van der Waals surface area contributed by atoms with Crippen LogP contribution in [0.15, 0.2) is 24.3 Å². The van der Waals surface area contributed by atoms with Gasteiger partial charge in [0.15, 0.2) is 0 Å². The molecular weight excluding hydrogens is 234 g/mol. The average molecular weight is 257 g/mol. The van der Waals surface area contributed by atoms with Crippen LogP contribution < -0.4 is 0 Å². The second-order valence-electron chi connectivity index (χ2n) is 5.44. The molecule has 0 N–H and O–H groups in total. The summed E-state index contributed by atoms with van der Waals surface area (Å²) in [6.07, 6.45) is 1.08. The maximum atomic E-state index is 4.50. The summed E-state index contributed by atoms with van der Waals surface area (Å²) in [4.78, 5) is 2.21. The van der Waals surface area contributed by atoms with Crippen molar-refractivity contribution in [3.63, 3.8) is 0 Å². The van der Waals surface area contributed by atoms with Crippen molar-refractivity contribution in [3.05, 3.63) is 41.1 Å². The Morgan fingerprint density at radius 2 is 1.95 bits per heavy atom. The van der Waals surface area contributed by atoms with Crippen molar-refractivity contribution in [2.24, 2.45) is 7.05 Å². The first-order chi connectivity index (χ1) is 8.99. The third kappa shape index (κ3) is 3.04. The largest absolute Gasteiger partial charge is 0.309 e. The number of rotatable bonds is 4. The molecule has 0 atom stereocenters. The van der Waals surface area contributed by atoms with Gasteiger partial charge in [0.25, 0.3) is 0 Å². The molecule has 2 aromatic rings. The van der Waals surface area contributed by atoms with E-state index in [9.17, 15) is 0 Å². The van der Waals surface area contributed by atoms with Crippen molar-refractivity contribution in [1.82, 2.24) is 14.7 Å². The number of hydrogen-bond acceptors (Lipinski definition) is 2. The molecule has 0 saturated heterocycles. The van der Waals surface area contributed by atoms with Crippen molar-refractivity contribution >= 4 is 0 Å². The minimum absolute atomic E-state index is 1.08. The van der Waals surface area contributed by atoms with Crippen LogP contribution in [0.4, 0.5) is 0 Å². The standard InChI is InChI=1S/C16H23N3/c1-12-13(2)17-19(5)16(12)15-8-6-7-14(11-15)9-10-18(3)4/h6-8,11H,9-10H2,1-5H3. The van der Waals surface area contributed by atoms with E-state index in [1.165, 1.54) is 22.4 Å². The smallest absolute Gasteiger partial charge is 0.0710 e. The summed E-state index contributed by atoms with van der Waals surface area (Å²) in [5.74, 6) is 0. The summed E-state index contributed by atoms with van der Waals surface area (Å²) < 4.78 is 1.98. The Kier molecular flexibility index (Phi) is 4.05. The Balaban J connectivity index is 2.32. The number of likely N-dealkylation sites (N-methyl/N-ethyl adjacent to an activating group) is 1. The van der Waals surface area contributed by atoms with Gasteiger partial charge in [0.1, 0.15) is 0 Å². The highest BCUT2D eigenvalue weighted by Crippen LogP contribution is 2.25. The average Bonchev–Trinajstić information content (AvgIpc) is 2.61. The summed E-state index contributed by atoms with van der Waals surface area (Å²) in [6, 6.07) is 8.79. The lowest BCUT2D eigenvalue weighted by molar-refractivity contribution is 0.413. The van der Waals surface area contributed by atoms with E-state index < -0.39 is 0 Å². The molecule has 1 aromatic carbocycles. The number of aromatic nitrogens is 2. The molecule has 0 aliphatic rings. The number of hydrogen-bond donors (Lipinski definition) is 0. The molecular formula is C16H23N3. The van der Waals surface area contributed by atoms with E-state index in [1.807, 2.05) is 11.7 Å². The number of benzene rings is 1. The Bertz CT molecular complexity index is 567. The van der Waals surface area contributed by atoms with E-state index in [4.69, 9.17) is 0 Å². The Morgan fingerprint density at radius 3 is 2.53 bits per heavy atom. The molecule has 102 valence electrons. The van der Waals surface area contributed by atoms with Gasteiger partial charge in [-0.3, -0.25) is 4.68 Å². The molecule has 0 unspecified atom stereocenters. The molecule has 3 heteroatoms. The van der Waals surface area contributed by atoms with Gasteiger partial charge in [0, 0.05) is 19.2 Å². The molecule has 3 nitrogen and oxygen atoms in total. The fraction of sp³-hybridized carbons (Fsp3) is 0.438. The van der Waals surface area contributed by atoms with Crippen molar-refractivity contribution in [3.8, 4) is 11.3 Å². The van der Waals surface area contributed by atoms with Crippen LogP contribution in [0.3, 0.4) is 0 Å². The highest BCUT2D eigenvalue weighted by Gasteiger charge is 2.11. The van der Waals surface area contributed by atoms with Gasteiger partial charge in [-0.25, -0.2) is 0 Å². The summed E-state index contributed by atoms with van der Waals surface area (Å²) >= 11 is 0. The molecule has 0 bridgehead atoms. The van der Waals surface area contributed by atoms with Gasteiger partial charge in [0.05, 0.1) is 11.4 Å². The molecule has 0 aliphatic carbocycles. The van der Waals surface area contributed by atoms with Crippen molar-refractivity contribution in [1.29, 1.82) is 0 Å². The normalized spacial score (nSPS) is 11.3. The minimum atomic E-state index is 1.08. The zero-order valence-corrected chi connectivity index (χ0v) is 12.6. The number of nitrogens with zero attached hydrogens (tertiary/aromatic N) is 3. The monoisotopic (exact) mass is 257 g/mol. The SMILES string of the molecule is Cc1nn(C)c(-c2cccc(CCN(C)C)c2)c1C. The van der Waals surface area contributed by atoms with Gasteiger partial charge in [-0.15, -0.1) is 0 Å². The van der Waals surface area contributed by atoms with Gasteiger partial charge in [0.2, 0.25) is 0 Å². The van der Waals surface area contributed by atoms with Crippen LogP contribution in [0.2, 0.25) is 0 Å². The lowest BCUT2D eigenvalue weighted by atomic mass is 10.0. The second-order valence-corrected chi connectivity index (χ2v) is 5.44. The van der Waals surface area contributed by atoms with E-state index in [-0.39, 0.29) is 0 Å². The van der Waals surface area contributed by atoms with Crippen LogP contribution >= 0.6 is 0 Å². The van der Waals surface area contributed by atoms with E-state index in [1.54, 1.807) is 0 Å². The zero-order valence-electron chi connectivity index (χ0n) is 12.6. The summed E-state index contributed by atoms with van der Waals surface area (Å²) in [5, 5.41) is 4.50. The van der Waals surface area contributed by atoms with Crippen LogP contribution in [-0.4, -0.2) is 35.3 Å². The fourth-order valence-electron chi connectivity index (χ4n) is 2.39. The highest BCUT2D eigenvalue weighted by molar-refractivity contribution is 5.65. The Hall–Kier alpha value is -1.61. The first-order valence-corrected chi connectivity index (χ1v) is 6.73. The van der Waals surface area contributed by atoms with Crippen LogP contribution in [0.1, 0.15) is 16.8 Å². The maximum absolute atomic E-state index is 4.50. The topological polar surface area (TPSA) is 21.1 Å². The fourth-order valence-corrected chi connectivity index (χ4v) is 2.39. The lowest BCUT2D eigenvalue weighted by Crippen LogP contribution is -2.15. The van der Waals surface area contributed by atoms with Crippen LogP contribution in [0.25, 0.3) is 11.3 Å². The Morgan fingerprint density at radius 1 is 1.21 bits per heavy atom. The van der Waals surface area contributed by atoms with E-state index in [2.05, 4.69) is 62.2 Å². The van der Waals surface area contributed by atoms with Crippen LogP contribution in [0.5, 0.6) is 0 Å². The molecule has 0 radical (unpaired) electrons. The molecule has 0 fully saturated rings. The third-order valence-electron chi connectivity index (χ3n) is 3.57. The third-order valence-corrected chi connectivity index (χ3v) is 3.57. The molecule has 0 saturated carbocycles. The minimum Gasteiger partial charge on any atom is -0.309 e. The summed E-state index contributed by atoms with van der Waals surface area (Å²) in [7, 11) is 6.23. The molecule has 0 aliphatic heterocycles. The van der Waals surface area contributed by atoms with E-state index in [0.29, 0.717) is 0 Å². The van der Waals surface area contributed by atoms with Gasteiger partial charge in [-0.1, -0.05) is 18.2 Å². The van der Waals surface area contributed by atoms with Gasteiger partial charge < -0.3 is 4.90 Å². The summed E-state index contributed by atoms with van der Waals surface area (Å²) in [5.41, 5.74) is 6.24. The second kappa shape index (κ2) is 5.57. The molecule has 19 heavy (non-hydrogen) atoms. The molecule has 1 aromatic heterocycles. The lowest BCUT2D eigenvalue weighted by Gasteiger charge is -2.11. The molecule has 2 rings (SSSR count). The zero-order chi connectivity index (χ0) is 14.0. The van der Waals surface area contributed by atoms with Crippen LogP contribution in [-0.2, 0) is 13.5 Å². The predicted octanol–water partition coefficient (Wildman–Crippen LogP) is 2.81. The highest BCUT2D eigenvalue weighted by atomic mass is 15.3. The molecule has 1 heterocycles. The van der Waals surface area contributed by atoms with Crippen LogP contribution in [0, 0.1) is 13.8 Å². The van der Waals surface area contributed by atoms with Gasteiger partial charge in [-0.05, 0) is 51.6 Å². The van der Waals surface area contributed by atoms with Crippen molar-refractivity contribution in [2.75, 3.05) is 20.6 Å². The molecule has 0 spiro atoms. The Labute approximate surface area is 115 Å². The van der Waals surface area contributed by atoms with E-state index in [0.717, 1.165) is 18.7 Å². The van der Waals surface area contributed by atoms with Gasteiger partial charge >= 0.3 is 0 Å². The summed E-state index contributed by atoms with van der Waals surface area (Å²) in [6.45, 7) is 5.28. The van der Waals surface area contributed by atoms with Crippen molar-refractivity contribution in [2.45, 2.75) is 20.3 Å². The quantitative estimate of drug-likeness (QED) is 0.840. The first kappa shape index (κ1) is 13.8. The predicted molar refractivity (Wildman–Crippen MR) is 80.4 cm³/mol. The van der Waals surface area contributed by atoms with Crippen molar-refractivity contribution < 1.29 is 0 Å². The first-order valence-electron chi connectivity index (χ1n) is 6.73. The molecule has 0 amide bonds. The maximum Gasteiger partial charge on any atom is 0.0710 e. The van der Waals surface area contributed by atoms with Gasteiger partial charge in [-0.2, -0.15) is 5.10 Å².